The van der Waals surface area contributed by atoms with Gasteiger partial charge in [-0.05, 0) is 117 Å². The Hall–Kier alpha value is -1.40. The van der Waals surface area contributed by atoms with E-state index in [1.807, 2.05) is 6.07 Å². The molecule has 3 aliphatic heterocycles. The van der Waals surface area contributed by atoms with Gasteiger partial charge in [0.2, 0.25) is 0 Å². The fourth-order valence-electron chi connectivity index (χ4n) is 14.5. The van der Waals surface area contributed by atoms with Crippen molar-refractivity contribution in [3.63, 3.8) is 0 Å². The smallest absolute Gasteiger partial charge is 0.316 e. The molecular formula is C41H63N3O7. The van der Waals surface area contributed by atoms with Crippen LogP contribution in [0, 0.1) is 50.7 Å². The summed E-state index contributed by atoms with van der Waals surface area (Å²) < 4.78 is 32.8. The number of aliphatic hydroxyl groups excluding tert-OH is 1. The number of aromatic nitrogens is 2. The standard InChI is InChI=1S/C41H63N3O7/c1-24-19-26(33(45)37(4,5)46)49-32-31(24)38(6)13-14-41-23-40(41)12-11-29(50-30-20-44(17-18-48-30)25-21-47-22-25)36(2,3)27(40)9-10-28(41)39(38,7)34(32)51-35-42-15-8-16-43-35/h8,15-16,24-34,45-46H,9-14,17-23H2,1-7H3/t24-,26?,27+,28?,29?,30+,31?,32?,33?,34+,38?,39-,40?,41?/m1/s1. The molecule has 14 atom stereocenters. The molecule has 9 unspecified atom stereocenters. The minimum Gasteiger partial charge on any atom is -0.457 e. The van der Waals surface area contributed by atoms with E-state index in [4.69, 9.17) is 23.7 Å². The van der Waals surface area contributed by atoms with E-state index < -0.39 is 17.8 Å². The Kier molecular flexibility index (Phi) is 8.17. The van der Waals surface area contributed by atoms with E-state index >= 15 is 0 Å². The van der Waals surface area contributed by atoms with Crippen molar-refractivity contribution in [2.75, 3.05) is 32.9 Å². The SMILES string of the molecule is C[C@@H]1CC(C(O)C(C)(C)O)OC2C1C1(C)CCC34CC35CCC(O[C@H]3CN(C6COC6)CCO3)C(C)(C)[C@@H]5CCC4[C@]1(C)[C@H]2Oc1ncccn1. The van der Waals surface area contributed by atoms with Gasteiger partial charge >= 0.3 is 6.01 Å². The Morgan fingerprint density at radius 1 is 1.00 bits per heavy atom. The fourth-order valence-corrected chi connectivity index (χ4v) is 14.5. The highest BCUT2D eigenvalue weighted by molar-refractivity contribution is 5.33. The second kappa shape index (κ2) is 11.8. The summed E-state index contributed by atoms with van der Waals surface area (Å²) in [6, 6.07) is 2.74. The van der Waals surface area contributed by atoms with Crippen LogP contribution in [0.25, 0.3) is 0 Å². The Labute approximate surface area is 304 Å². The number of hydrogen-bond acceptors (Lipinski definition) is 10. The van der Waals surface area contributed by atoms with Gasteiger partial charge in [-0.25, -0.2) is 9.97 Å². The number of hydrogen-bond donors (Lipinski definition) is 2. The Morgan fingerprint density at radius 3 is 2.43 bits per heavy atom. The quantitative estimate of drug-likeness (QED) is 0.389. The van der Waals surface area contributed by atoms with Crippen molar-refractivity contribution in [2.24, 2.45) is 50.7 Å². The molecule has 10 nitrogen and oxygen atoms in total. The molecular weight excluding hydrogens is 646 g/mol. The third-order valence-electron chi connectivity index (χ3n) is 17.1. The lowest BCUT2D eigenvalue weighted by atomic mass is 9.41. The summed E-state index contributed by atoms with van der Waals surface area (Å²) in [5, 5.41) is 22.2. The predicted octanol–water partition coefficient (Wildman–Crippen LogP) is 5.25. The van der Waals surface area contributed by atoms with Crippen LogP contribution in [0.4, 0.5) is 0 Å². The molecule has 2 N–H and O–H groups in total. The number of ether oxygens (including phenoxy) is 5. The van der Waals surface area contributed by atoms with Gasteiger partial charge in [0.1, 0.15) is 12.2 Å². The first-order valence-electron chi connectivity index (χ1n) is 20.2. The Balaban J connectivity index is 1.02. The third kappa shape index (κ3) is 4.91. The van der Waals surface area contributed by atoms with E-state index in [2.05, 4.69) is 49.5 Å². The van der Waals surface area contributed by atoms with Gasteiger partial charge in [-0.3, -0.25) is 4.90 Å². The number of fused-ring (bicyclic) bond motifs is 4. The van der Waals surface area contributed by atoms with Gasteiger partial charge in [0.05, 0.1) is 56.3 Å². The molecule has 0 aromatic carbocycles. The number of aliphatic hydroxyl groups is 2. The first-order chi connectivity index (χ1) is 24.2. The molecule has 0 bridgehead atoms. The highest BCUT2D eigenvalue weighted by atomic mass is 16.7. The zero-order valence-electron chi connectivity index (χ0n) is 32.1. The molecule has 51 heavy (non-hydrogen) atoms. The molecule has 8 fully saturated rings. The molecule has 0 amide bonds. The van der Waals surface area contributed by atoms with Gasteiger partial charge in [0.25, 0.3) is 0 Å². The van der Waals surface area contributed by atoms with Crippen LogP contribution >= 0.6 is 0 Å². The number of nitrogens with zero attached hydrogens (tertiary/aromatic N) is 3. The summed E-state index contributed by atoms with van der Waals surface area (Å²) in [5.74, 6) is 1.67. The van der Waals surface area contributed by atoms with Crippen molar-refractivity contribution in [1.29, 1.82) is 0 Å². The molecule has 284 valence electrons. The van der Waals surface area contributed by atoms with E-state index in [1.165, 1.54) is 32.1 Å². The fraction of sp³-hybridized carbons (Fsp3) is 0.902. The molecule has 3 saturated heterocycles. The number of rotatable bonds is 7. The maximum Gasteiger partial charge on any atom is 0.316 e. The van der Waals surface area contributed by atoms with Gasteiger partial charge < -0.3 is 33.9 Å². The summed E-state index contributed by atoms with van der Waals surface area (Å²) in [7, 11) is 0. The molecule has 1 aromatic heterocycles. The normalized spacial score (nSPS) is 49.7. The van der Waals surface area contributed by atoms with Crippen LogP contribution in [-0.4, -0.2) is 106 Å². The summed E-state index contributed by atoms with van der Waals surface area (Å²) in [5.41, 5.74) is -0.814. The second-order valence-electron chi connectivity index (χ2n) is 19.9. The summed E-state index contributed by atoms with van der Waals surface area (Å²) >= 11 is 0. The minimum absolute atomic E-state index is 0.0147. The maximum atomic E-state index is 11.3. The maximum absolute atomic E-state index is 11.3. The first kappa shape index (κ1) is 35.3. The van der Waals surface area contributed by atoms with Gasteiger partial charge in [0.15, 0.2) is 6.29 Å². The van der Waals surface area contributed by atoms with Crippen LogP contribution in [0.2, 0.25) is 0 Å². The average molecular weight is 710 g/mol. The van der Waals surface area contributed by atoms with Crippen LogP contribution < -0.4 is 4.74 Å². The monoisotopic (exact) mass is 709 g/mol. The predicted molar refractivity (Wildman–Crippen MR) is 190 cm³/mol. The number of morpholine rings is 1. The van der Waals surface area contributed by atoms with E-state index in [0.717, 1.165) is 52.2 Å². The zero-order chi connectivity index (χ0) is 35.8. The van der Waals surface area contributed by atoms with Crippen molar-refractivity contribution in [3.05, 3.63) is 18.5 Å². The van der Waals surface area contributed by atoms with Crippen molar-refractivity contribution in [2.45, 2.75) is 148 Å². The summed E-state index contributed by atoms with van der Waals surface area (Å²) in [4.78, 5) is 11.6. The van der Waals surface area contributed by atoms with E-state index in [1.54, 1.807) is 26.2 Å². The Morgan fingerprint density at radius 2 is 1.73 bits per heavy atom. The van der Waals surface area contributed by atoms with E-state index in [0.29, 0.717) is 35.2 Å². The minimum atomic E-state index is -1.26. The Bertz CT molecular complexity index is 1470. The average Bonchev–Trinajstić information content (AvgIpc) is 3.68. The van der Waals surface area contributed by atoms with Crippen molar-refractivity contribution in [3.8, 4) is 6.01 Å². The zero-order valence-corrected chi connectivity index (χ0v) is 32.1. The lowest BCUT2D eigenvalue weighted by Crippen LogP contribution is -2.61. The molecule has 5 saturated carbocycles. The lowest BCUT2D eigenvalue weighted by Gasteiger charge is -2.64. The molecule has 9 rings (SSSR count). The molecule has 5 aliphatic carbocycles. The molecule has 2 spiro atoms. The molecule has 4 heterocycles. The molecule has 1 aromatic rings. The van der Waals surface area contributed by atoms with Gasteiger partial charge in [-0.15, -0.1) is 0 Å². The van der Waals surface area contributed by atoms with Crippen LogP contribution in [0.15, 0.2) is 18.5 Å². The van der Waals surface area contributed by atoms with Gasteiger partial charge in [0, 0.05) is 24.4 Å². The first-order valence-corrected chi connectivity index (χ1v) is 20.2. The van der Waals surface area contributed by atoms with Crippen molar-refractivity contribution in [1.82, 2.24) is 14.9 Å². The van der Waals surface area contributed by atoms with Gasteiger partial charge in [-0.2, -0.15) is 0 Å². The van der Waals surface area contributed by atoms with Crippen LogP contribution in [0.1, 0.15) is 99.8 Å². The van der Waals surface area contributed by atoms with E-state index in [-0.39, 0.29) is 52.2 Å². The van der Waals surface area contributed by atoms with Crippen molar-refractivity contribution >= 4 is 0 Å². The van der Waals surface area contributed by atoms with Crippen LogP contribution in [0.3, 0.4) is 0 Å². The topological polar surface area (TPSA) is 116 Å². The third-order valence-corrected chi connectivity index (χ3v) is 17.1. The summed E-state index contributed by atoms with van der Waals surface area (Å²) in [6.45, 7) is 19.9. The lowest BCUT2D eigenvalue weighted by molar-refractivity contribution is -0.256. The summed E-state index contributed by atoms with van der Waals surface area (Å²) in [6.07, 6.45) is 10.7. The molecule has 0 radical (unpaired) electrons. The molecule has 10 heteroatoms. The van der Waals surface area contributed by atoms with Crippen molar-refractivity contribution < 1.29 is 33.9 Å². The largest absolute Gasteiger partial charge is 0.457 e. The second-order valence-corrected chi connectivity index (χ2v) is 19.9. The van der Waals surface area contributed by atoms with E-state index in [9.17, 15) is 10.2 Å². The highest BCUT2D eigenvalue weighted by Gasteiger charge is 2.85. The van der Waals surface area contributed by atoms with Crippen LogP contribution in [-0.2, 0) is 18.9 Å². The highest BCUT2D eigenvalue weighted by Crippen LogP contribution is 2.89. The molecule has 8 aliphatic rings. The van der Waals surface area contributed by atoms with Crippen LogP contribution in [0.5, 0.6) is 6.01 Å². The van der Waals surface area contributed by atoms with Gasteiger partial charge in [-0.1, -0.05) is 34.6 Å².